The molecule has 1 amide bonds. The first kappa shape index (κ1) is 30.9. The normalized spacial score (nSPS) is 14.4. The fourth-order valence-corrected chi connectivity index (χ4v) is 3.90. The molecule has 0 aliphatic carbocycles. The smallest absolute Gasteiger partial charge is 0.248 e. The second-order valence-electron chi connectivity index (χ2n) is 8.72. The second kappa shape index (κ2) is 15.8. The van der Waals surface area contributed by atoms with Crippen LogP contribution < -0.4 is 15.4 Å². The predicted octanol–water partition coefficient (Wildman–Crippen LogP) is 5.38. The highest BCUT2D eigenvalue weighted by Gasteiger charge is 2.15. The van der Waals surface area contributed by atoms with Gasteiger partial charge < -0.3 is 24.8 Å². The Bertz CT molecular complexity index is 1280. The summed E-state index contributed by atoms with van der Waals surface area (Å²) in [4.78, 5) is 23.5. The van der Waals surface area contributed by atoms with Gasteiger partial charge in [0.1, 0.15) is 30.3 Å². The van der Waals surface area contributed by atoms with E-state index in [1.54, 1.807) is 43.3 Å². The first-order valence-electron chi connectivity index (χ1n) is 13.4. The summed E-state index contributed by atoms with van der Waals surface area (Å²) in [6.07, 6.45) is 3.17. The number of aryl methyl sites for hydroxylation is 1. The maximum Gasteiger partial charge on any atom is 0.248 e. The van der Waals surface area contributed by atoms with Gasteiger partial charge >= 0.3 is 0 Å². The van der Waals surface area contributed by atoms with Crippen molar-refractivity contribution in [1.82, 2.24) is 14.9 Å². The molecule has 216 valence electrons. The number of carbonyl (C=O) groups excluding carboxylic acids is 1. The van der Waals surface area contributed by atoms with Crippen LogP contribution in [0.3, 0.4) is 0 Å². The summed E-state index contributed by atoms with van der Waals surface area (Å²) < 4.78 is 43.7. The molecular formula is C29H37F2N5O4. The minimum atomic E-state index is -1.42. The van der Waals surface area contributed by atoms with Crippen LogP contribution in [-0.4, -0.2) is 73.2 Å². The Morgan fingerprint density at radius 2 is 1.95 bits per heavy atom. The van der Waals surface area contributed by atoms with Crippen molar-refractivity contribution in [3.8, 4) is 5.75 Å². The number of alkyl halides is 1. The predicted molar refractivity (Wildman–Crippen MR) is 152 cm³/mol. The quantitative estimate of drug-likeness (QED) is 0.239. The molecule has 0 radical (unpaired) electrons. The highest BCUT2D eigenvalue weighted by molar-refractivity contribution is 6.03. The SMILES string of the molecule is CC.Cc1cccc(Nc2ncnc3cc(OCCOC(C)F)c(NC(=O)/C=C/CN4CCOCC4)cc23)c1F. The fourth-order valence-electron chi connectivity index (χ4n) is 3.90. The van der Waals surface area contributed by atoms with E-state index in [1.807, 2.05) is 13.8 Å². The van der Waals surface area contributed by atoms with E-state index < -0.39 is 6.36 Å². The number of aromatic nitrogens is 2. The zero-order valence-electron chi connectivity index (χ0n) is 23.4. The minimum absolute atomic E-state index is 0.0196. The number of ether oxygens (including phenoxy) is 3. The summed E-state index contributed by atoms with van der Waals surface area (Å²) in [6.45, 7) is 10.6. The molecule has 3 aromatic rings. The van der Waals surface area contributed by atoms with Gasteiger partial charge in [-0.25, -0.2) is 18.7 Å². The number of morpholine rings is 1. The summed E-state index contributed by atoms with van der Waals surface area (Å²) in [7, 11) is 0. The fraction of sp³-hybridized carbons (Fsp3) is 0.414. The average Bonchev–Trinajstić information content (AvgIpc) is 2.95. The molecule has 1 aromatic heterocycles. The van der Waals surface area contributed by atoms with Crippen molar-refractivity contribution in [2.24, 2.45) is 0 Å². The van der Waals surface area contributed by atoms with Gasteiger partial charge in [-0.2, -0.15) is 0 Å². The van der Waals surface area contributed by atoms with Gasteiger partial charge in [0.15, 0.2) is 6.36 Å². The lowest BCUT2D eigenvalue weighted by Crippen LogP contribution is -2.36. The molecule has 0 saturated carbocycles. The molecule has 1 aliphatic rings. The number of nitrogens with one attached hydrogen (secondary N) is 2. The zero-order chi connectivity index (χ0) is 28.9. The summed E-state index contributed by atoms with van der Waals surface area (Å²) in [6, 6.07) is 8.33. The van der Waals surface area contributed by atoms with Crippen molar-refractivity contribution in [3.63, 3.8) is 0 Å². The highest BCUT2D eigenvalue weighted by atomic mass is 19.1. The van der Waals surface area contributed by atoms with Crippen LogP contribution in [0.4, 0.5) is 26.0 Å². The van der Waals surface area contributed by atoms with Gasteiger partial charge in [-0.3, -0.25) is 9.69 Å². The zero-order valence-corrected chi connectivity index (χ0v) is 23.4. The van der Waals surface area contributed by atoms with E-state index in [4.69, 9.17) is 14.2 Å². The van der Waals surface area contributed by atoms with Gasteiger partial charge in [0.25, 0.3) is 0 Å². The monoisotopic (exact) mass is 557 g/mol. The highest BCUT2D eigenvalue weighted by Crippen LogP contribution is 2.34. The van der Waals surface area contributed by atoms with Gasteiger partial charge in [0.2, 0.25) is 5.91 Å². The van der Waals surface area contributed by atoms with Gasteiger partial charge in [0.05, 0.1) is 36.7 Å². The minimum Gasteiger partial charge on any atom is -0.489 e. The van der Waals surface area contributed by atoms with Crippen molar-refractivity contribution >= 4 is 34.0 Å². The number of nitrogens with zero attached hydrogens (tertiary/aromatic N) is 3. The molecule has 2 heterocycles. The molecule has 1 unspecified atom stereocenters. The molecule has 0 spiro atoms. The number of halogens is 2. The number of hydrogen-bond acceptors (Lipinski definition) is 8. The molecule has 1 fully saturated rings. The van der Waals surface area contributed by atoms with E-state index in [0.717, 1.165) is 13.1 Å². The molecule has 0 bridgehead atoms. The Morgan fingerprint density at radius 3 is 2.70 bits per heavy atom. The number of hydrogen-bond donors (Lipinski definition) is 2. The molecular weight excluding hydrogens is 520 g/mol. The van der Waals surface area contributed by atoms with Gasteiger partial charge in [-0.1, -0.05) is 32.1 Å². The number of rotatable bonds is 11. The summed E-state index contributed by atoms with van der Waals surface area (Å²) in [5, 5.41) is 6.40. The number of benzene rings is 2. The standard InChI is InChI=1S/C27H31F2N5O4.C2H6/c1-18-5-3-6-21(26(18)29)33-27-20-15-23(32-25(35)7-4-8-34-9-11-36-12-10-34)24(16-22(20)30-17-31-27)38-14-13-37-19(2)28;1-2/h3-7,15-17,19H,8-14H2,1-2H3,(H,32,35)(H,30,31,33);1-2H3/b7-4+;. The molecule has 1 atom stereocenters. The van der Waals surface area contributed by atoms with E-state index in [9.17, 15) is 13.6 Å². The molecule has 2 N–H and O–H groups in total. The lowest BCUT2D eigenvalue weighted by atomic mass is 10.1. The third-order valence-corrected chi connectivity index (χ3v) is 5.86. The van der Waals surface area contributed by atoms with Crippen LogP contribution in [0.2, 0.25) is 0 Å². The summed E-state index contributed by atoms with van der Waals surface area (Å²) in [5.74, 6) is -0.0552. The van der Waals surface area contributed by atoms with Gasteiger partial charge in [-0.05, 0) is 31.5 Å². The lowest BCUT2D eigenvalue weighted by molar-refractivity contribution is -0.111. The molecule has 2 aromatic carbocycles. The van der Waals surface area contributed by atoms with Crippen molar-refractivity contribution in [2.45, 2.75) is 34.1 Å². The van der Waals surface area contributed by atoms with Crippen molar-refractivity contribution in [1.29, 1.82) is 0 Å². The van der Waals surface area contributed by atoms with Crippen LogP contribution in [0.15, 0.2) is 48.8 Å². The number of anilines is 3. The third kappa shape index (κ3) is 8.94. The molecule has 1 aliphatic heterocycles. The molecule has 1 saturated heterocycles. The van der Waals surface area contributed by atoms with Crippen molar-refractivity contribution in [3.05, 3.63) is 60.2 Å². The summed E-state index contributed by atoms with van der Waals surface area (Å²) >= 11 is 0. The maximum atomic E-state index is 14.6. The van der Waals surface area contributed by atoms with E-state index in [-0.39, 0.29) is 30.6 Å². The molecule has 9 nitrogen and oxygen atoms in total. The average molecular weight is 558 g/mol. The first-order valence-corrected chi connectivity index (χ1v) is 13.4. The van der Waals surface area contributed by atoms with Crippen LogP contribution in [0.25, 0.3) is 10.9 Å². The topological polar surface area (TPSA) is 97.8 Å². The van der Waals surface area contributed by atoms with E-state index in [1.165, 1.54) is 19.3 Å². The third-order valence-electron chi connectivity index (χ3n) is 5.86. The Balaban J connectivity index is 0.00000216. The Labute approximate surface area is 233 Å². The summed E-state index contributed by atoms with van der Waals surface area (Å²) in [5.41, 5.74) is 1.62. The van der Waals surface area contributed by atoms with Crippen LogP contribution in [-0.2, 0) is 14.3 Å². The Hall–Kier alpha value is -3.67. The van der Waals surface area contributed by atoms with E-state index in [0.29, 0.717) is 53.5 Å². The van der Waals surface area contributed by atoms with Crippen molar-refractivity contribution in [2.75, 3.05) is 56.7 Å². The number of fused-ring (bicyclic) bond motifs is 1. The Kier molecular flexibility index (Phi) is 12.2. The Morgan fingerprint density at radius 1 is 1.18 bits per heavy atom. The van der Waals surface area contributed by atoms with E-state index >= 15 is 0 Å². The van der Waals surface area contributed by atoms with Gasteiger partial charge in [0, 0.05) is 37.2 Å². The molecule has 4 rings (SSSR count). The van der Waals surface area contributed by atoms with Gasteiger partial charge in [-0.15, -0.1) is 0 Å². The first-order chi connectivity index (χ1) is 19.4. The maximum absolute atomic E-state index is 14.6. The van der Waals surface area contributed by atoms with E-state index in [2.05, 4.69) is 25.5 Å². The number of amides is 1. The number of carbonyl (C=O) groups is 1. The molecule has 11 heteroatoms. The van der Waals surface area contributed by atoms with Crippen LogP contribution in [0, 0.1) is 12.7 Å². The van der Waals surface area contributed by atoms with Crippen molar-refractivity contribution < 1.29 is 27.8 Å². The molecule has 40 heavy (non-hydrogen) atoms. The van der Waals surface area contributed by atoms with Crippen LogP contribution >= 0.6 is 0 Å². The largest absolute Gasteiger partial charge is 0.489 e. The second-order valence-corrected chi connectivity index (χ2v) is 8.72. The van der Waals surface area contributed by atoms with Crippen LogP contribution in [0.5, 0.6) is 5.75 Å². The lowest BCUT2D eigenvalue weighted by Gasteiger charge is -2.25. The van der Waals surface area contributed by atoms with Crippen LogP contribution in [0.1, 0.15) is 26.3 Å².